The van der Waals surface area contributed by atoms with Crippen LogP contribution in [-0.2, 0) is 14.6 Å². The van der Waals surface area contributed by atoms with E-state index in [0.717, 1.165) is 0 Å². The van der Waals surface area contributed by atoms with E-state index < -0.39 is 9.84 Å². The average molecular weight is 337 g/mol. The summed E-state index contributed by atoms with van der Waals surface area (Å²) < 4.78 is 21.8. The largest absolute Gasteiger partial charge is 0.397 e. The third-order valence-electron chi connectivity index (χ3n) is 2.36. The van der Waals surface area contributed by atoms with E-state index in [0.29, 0.717) is 34.3 Å². The van der Waals surface area contributed by atoms with Crippen molar-refractivity contribution in [2.75, 3.05) is 34.6 Å². The van der Waals surface area contributed by atoms with Crippen LogP contribution in [0.2, 0.25) is 5.02 Å². The molecule has 8 heteroatoms. The topological polar surface area (TPSA) is 89.3 Å². The summed E-state index contributed by atoms with van der Waals surface area (Å²) in [6.45, 7) is 0. The molecule has 0 aliphatic carbocycles. The highest BCUT2D eigenvalue weighted by molar-refractivity contribution is 8.00. The highest BCUT2D eigenvalue weighted by atomic mass is 35.5. The normalized spacial score (nSPS) is 11.3. The fourth-order valence-electron chi connectivity index (χ4n) is 1.33. The van der Waals surface area contributed by atoms with E-state index in [1.165, 1.54) is 18.0 Å². The van der Waals surface area contributed by atoms with Crippen molar-refractivity contribution in [2.24, 2.45) is 0 Å². The molecule has 0 bridgehead atoms. The zero-order valence-electron chi connectivity index (χ0n) is 11.1. The summed E-state index contributed by atoms with van der Waals surface area (Å²) in [5.74, 6) is 0.999. The fraction of sp³-hybridized carbons (Fsp3) is 0.417. The molecule has 0 aromatic heterocycles. The lowest BCUT2D eigenvalue weighted by Crippen LogP contribution is -2.14. The van der Waals surface area contributed by atoms with E-state index in [9.17, 15) is 13.2 Å². The molecule has 0 atom stereocenters. The number of anilines is 2. The number of halogens is 1. The molecule has 0 heterocycles. The predicted molar refractivity (Wildman–Crippen MR) is 86.1 cm³/mol. The number of thioether (sulfide) groups is 1. The third kappa shape index (κ3) is 7.02. The molecule has 0 unspecified atom stereocenters. The number of sulfone groups is 1. The van der Waals surface area contributed by atoms with E-state index in [-0.39, 0.29) is 11.7 Å². The number of nitrogens with one attached hydrogen (secondary N) is 1. The van der Waals surface area contributed by atoms with Crippen LogP contribution in [0.15, 0.2) is 18.2 Å². The summed E-state index contributed by atoms with van der Waals surface area (Å²) in [6, 6.07) is 4.86. The summed E-state index contributed by atoms with van der Waals surface area (Å²) in [5.41, 5.74) is 6.66. The Balaban J connectivity index is 2.32. The number of benzene rings is 1. The lowest BCUT2D eigenvalue weighted by Gasteiger charge is -2.08. The Bertz CT molecular complexity index is 576. The molecule has 0 saturated heterocycles. The molecule has 0 saturated carbocycles. The molecule has 1 rings (SSSR count). The van der Waals surface area contributed by atoms with Gasteiger partial charge in [0.15, 0.2) is 0 Å². The Morgan fingerprint density at radius 2 is 2.10 bits per heavy atom. The van der Waals surface area contributed by atoms with E-state index in [2.05, 4.69) is 5.32 Å². The number of nitrogens with two attached hydrogens (primary N) is 1. The van der Waals surface area contributed by atoms with Crippen molar-refractivity contribution in [3.05, 3.63) is 23.2 Å². The maximum absolute atomic E-state index is 11.7. The summed E-state index contributed by atoms with van der Waals surface area (Å²) in [5, 5.41) is 3.18. The summed E-state index contributed by atoms with van der Waals surface area (Å²) in [4.78, 5) is 11.7. The van der Waals surface area contributed by atoms with Crippen molar-refractivity contribution < 1.29 is 13.2 Å². The smallest absolute Gasteiger partial charge is 0.225 e. The summed E-state index contributed by atoms with van der Waals surface area (Å²) >= 11 is 7.25. The van der Waals surface area contributed by atoms with Crippen LogP contribution in [0, 0.1) is 0 Å². The molecule has 1 amide bonds. The highest BCUT2D eigenvalue weighted by Crippen LogP contribution is 2.23. The van der Waals surface area contributed by atoms with Gasteiger partial charge >= 0.3 is 0 Å². The first-order valence-corrected chi connectivity index (χ1v) is 9.47. The molecular formula is C12H17ClN2O3S2. The molecule has 0 aliphatic rings. The Hall–Kier alpha value is -0.920. The summed E-state index contributed by atoms with van der Waals surface area (Å²) in [7, 11) is -2.94. The monoisotopic (exact) mass is 336 g/mol. The van der Waals surface area contributed by atoms with Crippen LogP contribution in [0.25, 0.3) is 0 Å². The van der Waals surface area contributed by atoms with Gasteiger partial charge in [-0.25, -0.2) is 8.42 Å². The van der Waals surface area contributed by atoms with Crippen LogP contribution in [-0.4, -0.2) is 37.8 Å². The third-order valence-corrected chi connectivity index (χ3v) is 4.79. The van der Waals surface area contributed by atoms with Crippen LogP contribution >= 0.6 is 23.4 Å². The molecule has 0 radical (unpaired) electrons. The van der Waals surface area contributed by atoms with Crippen LogP contribution in [0.3, 0.4) is 0 Å². The number of carbonyl (C=O) groups is 1. The van der Waals surface area contributed by atoms with E-state index in [1.54, 1.807) is 18.2 Å². The number of rotatable bonds is 7. The Morgan fingerprint density at radius 3 is 2.75 bits per heavy atom. The van der Waals surface area contributed by atoms with E-state index in [1.807, 2.05) is 0 Å². The minimum absolute atomic E-state index is 0.126. The quantitative estimate of drug-likeness (QED) is 0.587. The van der Waals surface area contributed by atoms with Crippen LogP contribution in [0.5, 0.6) is 0 Å². The number of nitrogen functional groups attached to an aromatic ring is 1. The molecule has 3 N–H and O–H groups in total. The van der Waals surface area contributed by atoms with Crippen molar-refractivity contribution in [3.63, 3.8) is 0 Å². The lowest BCUT2D eigenvalue weighted by molar-refractivity contribution is -0.115. The van der Waals surface area contributed by atoms with Crippen molar-refractivity contribution >= 4 is 50.5 Å². The van der Waals surface area contributed by atoms with Gasteiger partial charge in [-0.05, 0) is 18.2 Å². The minimum atomic E-state index is -2.94. The van der Waals surface area contributed by atoms with Gasteiger partial charge in [-0.3, -0.25) is 4.79 Å². The zero-order chi connectivity index (χ0) is 15.2. The number of hydrogen-bond acceptors (Lipinski definition) is 5. The van der Waals surface area contributed by atoms with Crippen LogP contribution in [0.1, 0.15) is 6.42 Å². The van der Waals surface area contributed by atoms with Gasteiger partial charge in [-0.2, -0.15) is 11.8 Å². The second-order valence-electron chi connectivity index (χ2n) is 4.27. The SMILES string of the molecule is CS(=O)(=O)CCSCCC(=O)Nc1cc(Cl)ccc1N. The molecule has 20 heavy (non-hydrogen) atoms. The van der Waals surface area contributed by atoms with Gasteiger partial charge in [0.2, 0.25) is 5.91 Å². The maximum atomic E-state index is 11.7. The molecule has 1 aromatic carbocycles. The van der Waals surface area contributed by atoms with Crippen LogP contribution in [0.4, 0.5) is 11.4 Å². The van der Waals surface area contributed by atoms with Crippen molar-refractivity contribution in [3.8, 4) is 0 Å². The minimum Gasteiger partial charge on any atom is -0.397 e. The van der Waals surface area contributed by atoms with Gasteiger partial charge in [0.25, 0.3) is 0 Å². The van der Waals surface area contributed by atoms with Crippen LogP contribution < -0.4 is 11.1 Å². The predicted octanol–water partition coefficient (Wildman–Crippen LogP) is 2.03. The molecule has 112 valence electrons. The highest BCUT2D eigenvalue weighted by Gasteiger charge is 2.07. The Labute approximate surface area is 128 Å². The molecular weight excluding hydrogens is 320 g/mol. The zero-order valence-corrected chi connectivity index (χ0v) is 13.4. The van der Waals surface area contributed by atoms with Crippen molar-refractivity contribution in [1.82, 2.24) is 0 Å². The van der Waals surface area contributed by atoms with Gasteiger partial charge in [0, 0.05) is 29.2 Å². The van der Waals surface area contributed by atoms with E-state index in [4.69, 9.17) is 17.3 Å². The van der Waals surface area contributed by atoms with Gasteiger partial charge < -0.3 is 11.1 Å². The molecule has 0 spiro atoms. The molecule has 0 aliphatic heterocycles. The van der Waals surface area contributed by atoms with Crippen molar-refractivity contribution in [2.45, 2.75) is 6.42 Å². The number of carbonyl (C=O) groups excluding carboxylic acids is 1. The maximum Gasteiger partial charge on any atom is 0.225 e. The van der Waals surface area contributed by atoms with Gasteiger partial charge in [-0.1, -0.05) is 11.6 Å². The second kappa shape index (κ2) is 7.75. The Kier molecular flexibility index (Phi) is 6.64. The van der Waals surface area contributed by atoms with Gasteiger partial charge in [-0.15, -0.1) is 0 Å². The first kappa shape index (κ1) is 17.1. The first-order valence-electron chi connectivity index (χ1n) is 5.88. The standard InChI is InChI=1S/C12H17ClN2O3S2/c1-20(17,18)7-6-19-5-4-12(16)15-11-8-9(13)2-3-10(11)14/h2-3,8H,4-7,14H2,1H3,(H,15,16). The second-order valence-corrected chi connectivity index (χ2v) is 8.19. The van der Waals surface area contributed by atoms with Gasteiger partial charge in [0.05, 0.1) is 17.1 Å². The van der Waals surface area contributed by atoms with Gasteiger partial charge in [0.1, 0.15) is 9.84 Å². The first-order chi connectivity index (χ1) is 9.28. The molecule has 5 nitrogen and oxygen atoms in total. The van der Waals surface area contributed by atoms with E-state index >= 15 is 0 Å². The number of hydrogen-bond donors (Lipinski definition) is 2. The number of amides is 1. The van der Waals surface area contributed by atoms with Crippen molar-refractivity contribution in [1.29, 1.82) is 0 Å². The summed E-state index contributed by atoms with van der Waals surface area (Å²) in [6.07, 6.45) is 1.49. The lowest BCUT2D eigenvalue weighted by atomic mass is 10.2. The molecule has 0 fully saturated rings. The molecule has 1 aromatic rings. The Morgan fingerprint density at radius 1 is 1.40 bits per heavy atom. The average Bonchev–Trinajstić information content (AvgIpc) is 2.32. The fourth-order valence-corrected chi connectivity index (χ4v) is 3.72.